The molecular weight excluding hydrogens is 497 g/mol. The van der Waals surface area contributed by atoms with E-state index in [1.807, 2.05) is 25.1 Å². The molecule has 1 saturated heterocycles. The van der Waals surface area contributed by atoms with Crippen molar-refractivity contribution in [2.75, 3.05) is 32.9 Å². The van der Waals surface area contributed by atoms with E-state index in [0.29, 0.717) is 43.7 Å². The van der Waals surface area contributed by atoms with Gasteiger partial charge in [0.05, 0.1) is 19.3 Å². The second-order valence-corrected chi connectivity index (χ2v) is 10.7. The molecule has 8 heteroatoms. The molecule has 2 atom stereocenters. The minimum Gasteiger partial charge on any atom is -0.357 e. The molecule has 2 aromatic carbocycles. The molecule has 1 N–H and O–H groups in total. The predicted octanol–water partition coefficient (Wildman–Crippen LogP) is 7.14. The third-order valence-corrected chi connectivity index (χ3v) is 7.54. The van der Waals surface area contributed by atoms with Crippen LogP contribution in [0.5, 0.6) is 0 Å². The Kier molecular flexibility index (Phi) is 7.22. The minimum atomic E-state index is -3.05. The molecule has 0 radical (unpaired) electrons. The first-order valence-corrected chi connectivity index (χ1v) is 12.9. The molecule has 1 unspecified atom stereocenters. The average Bonchev–Trinajstić information content (AvgIpc) is 3.18. The summed E-state index contributed by atoms with van der Waals surface area (Å²) < 4.78 is 72.5. The van der Waals surface area contributed by atoms with Gasteiger partial charge >= 0.3 is 0 Å². The van der Waals surface area contributed by atoms with Crippen LogP contribution in [0, 0.1) is 11.6 Å². The molecule has 0 saturated carbocycles. The third kappa shape index (κ3) is 5.16. The molecule has 0 bridgehead atoms. The minimum absolute atomic E-state index is 0.238. The fraction of sp³-hybridized carbons (Fsp3) is 0.400. The number of aromatic nitrogens is 1. The summed E-state index contributed by atoms with van der Waals surface area (Å²) in [6.45, 7) is 7.35. The second kappa shape index (κ2) is 10.3. The summed E-state index contributed by atoms with van der Waals surface area (Å²) in [5.41, 5.74) is 4.23. The Morgan fingerprint density at radius 1 is 1.11 bits per heavy atom. The number of fused-ring (bicyclic) bond motifs is 3. The summed E-state index contributed by atoms with van der Waals surface area (Å²) in [4.78, 5) is 6.87. The van der Waals surface area contributed by atoms with Gasteiger partial charge in [0.1, 0.15) is 11.6 Å². The van der Waals surface area contributed by atoms with Crippen LogP contribution in [0.25, 0.3) is 23.1 Å². The van der Waals surface area contributed by atoms with Crippen LogP contribution in [0.4, 0.5) is 22.0 Å². The topological polar surface area (TPSA) is 22.3 Å². The maximum atomic E-state index is 15.7. The summed E-state index contributed by atoms with van der Waals surface area (Å²) in [5.74, 6) is -4.60. The molecule has 1 fully saturated rings. The van der Waals surface area contributed by atoms with Crippen LogP contribution in [0.15, 0.2) is 42.5 Å². The monoisotopic (exact) mass is 529 g/mol. The third-order valence-electron chi connectivity index (χ3n) is 7.54. The number of likely N-dealkylation sites (tertiary alicyclic amines) is 1. The van der Waals surface area contributed by atoms with E-state index in [1.165, 1.54) is 17.0 Å². The molecule has 2 aliphatic heterocycles. The summed E-state index contributed by atoms with van der Waals surface area (Å²) >= 11 is 0. The first-order chi connectivity index (χ1) is 18.1. The lowest BCUT2D eigenvalue weighted by atomic mass is 9.87. The van der Waals surface area contributed by atoms with Gasteiger partial charge in [-0.05, 0) is 60.2 Å². The number of benzene rings is 2. The number of H-pyrrole nitrogens is 1. The van der Waals surface area contributed by atoms with Gasteiger partial charge in [0.2, 0.25) is 0 Å². The quantitative estimate of drug-likeness (QED) is 0.314. The van der Waals surface area contributed by atoms with Crippen molar-refractivity contribution in [2.24, 2.45) is 0 Å². The highest BCUT2D eigenvalue weighted by atomic mass is 19.3. The lowest BCUT2D eigenvalue weighted by molar-refractivity contribution is -0.0374. The molecule has 3 aromatic rings. The Morgan fingerprint density at radius 2 is 1.82 bits per heavy atom. The molecule has 0 amide bonds. The number of nitrogens with zero attached hydrogens (tertiary/aromatic N) is 2. The van der Waals surface area contributed by atoms with Crippen LogP contribution >= 0.6 is 0 Å². The summed E-state index contributed by atoms with van der Waals surface area (Å²) in [5, 5.41) is 0.912. The van der Waals surface area contributed by atoms with Crippen molar-refractivity contribution in [1.82, 2.24) is 14.8 Å². The fourth-order valence-corrected chi connectivity index (χ4v) is 5.83. The summed E-state index contributed by atoms with van der Waals surface area (Å²) in [7, 11) is 0. The zero-order chi connectivity index (χ0) is 27.2. The zero-order valence-electron chi connectivity index (χ0n) is 21.6. The van der Waals surface area contributed by atoms with Gasteiger partial charge in [-0.25, -0.2) is 17.6 Å². The number of rotatable bonds is 8. The number of hydrogen-bond donors (Lipinski definition) is 1. The van der Waals surface area contributed by atoms with Gasteiger partial charge in [-0.3, -0.25) is 14.2 Å². The lowest BCUT2D eigenvalue weighted by Crippen LogP contribution is -2.47. The van der Waals surface area contributed by atoms with Gasteiger partial charge in [-0.15, -0.1) is 0 Å². The highest BCUT2D eigenvalue weighted by Gasteiger charge is 2.42. The van der Waals surface area contributed by atoms with Gasteiger partial charge in [0.15, 0.2) is 0 Å². The van der Waals surface area contributed by atoms with E-state index >= 15 is 8.78 Å². The van der Waals surface area contributed by atoms with Crippen molar-refractivity contribution < 1.29 is 22.0 Å². The normalized spacial score (nSPS) is 20.4. The van der Waals surface area contributed by atoms with E-state index in [-0.39, 0.29) is 18.3 Å². The molecular formula is C30H32F5N3. The van der Waals surface area contributed by atoms with Gasteiger partial charge in [-0.2, -0.15) is 0 Å². The van der Waals surface area contributed by atoms with E-state index in [1.54, 1.807) is 12.2 Å². The molecule has 5 rings (SSSR count). The van der Waals surface area contributed by atoms with E-state index in [0.717, 1.165) is 34.5 Å². The van der Waals surface area contributed by atoms with Crippen molar-refractivity contribution in [1.29, 1.82) is 0 Å². The average molecular weight is 530 g/mol. The number of alkyl halides is 3. The molecule has 0 spiro atoms. The Balaban J connectivity index is 1.56. The maximum Gasteiger partial charge on any atom is 0.257 e. The molecule has 1 aromatic heterocycles. The van der Waals surface area contributed by atoms with E-state index in [9.17, 15) is 13.2 Å². The Morgan fingerprint density at radius 3 is 2.45 bits per heavy atom. The summed E-state index contributed by atoms with van der Waals surface area (Å²) in [6, 6.07) is 6.89. The van der Waals surface area contributed by atoms with Gasteiger partial charge < -0.3 is 4.98 Å². The first-order valence-electron chi connectivity index (χ1n) is 12.9. The number of hydrogen-bond acceptors (Lipinski definition) is 2. The largest absolute Gasteiger partial charge is 0.357 e. The second-order valence-electron chi connectivity index (χ2n) is 10.7. The van der Waals surface area contributed by atoms with Crippen molar-refractivity contribution in [3.8, 4) is 0 Å². The van der Waals surface area contributed by atoms with Crippen LogP contribution in [-0.2, 0) is 6.42 Å². The van der Waals surface area contributed by atoms with Crippen LogP contribution in [0.2, 0.25) is 0 Å². The predicted molar refractivity (Wildman–Crippen MR) is 142 cm³/mol. The van der Waals surface area contributed by atoms with E-state index in [2.05, 4.69) is 16.5 Å². The lowest BCUT2D eigenvalue weighted by Gasteiger charge is -2.42. The van der Waals surface area contributed by atoms with Crippen LogP contribution in [0.1, 0.15) is 54.3 Å². The highest BCUT2D eigenvalue weighted by molar-refractivity contribution is 5.87. The first kappa shape index (κ1) is 26.6. The Hall–Kier alpha value is -2.97. The van der Waals surface area contributed by atoms with E-state index in [4.69, 9.17) is 0 Å². The van der Waals surface area contributed by atoms with Crippen molar-refractivity contribution in [3.05, 3.63) is 82.1 Å². The van der Waals surface area contributed by atoms with Crippen LogP contribution in [0.3, 0.4) is 0 Å². The maximum absolute atomic E-state index is 15.7. The standard InChI is InChI=1S/C30H32F5N3/c1-4-19-6-7-22-23-10-18(2)38(17-30(3,34)35)29(28(23)36-26(22)14-19)27-24(32)12-20(13-25(27)33)11-21-15-37(16-21)9-5-8-31/h4,6-7,11-14,18,29,36H,1,5,8-10,15-17H2,2-3H3/t18?,29-/m0/s1. The number of aromatic amines is 1. The van der Waals surface area contributed by atoms with Crippen molar-refractivity contribution >= 4 is 23.1 Å². The van der Waals surface area contributed by atoms with Crippen LogP contribution in [-0.4, -0.2) is 59.6 Å². The molecule has 2 aliphatic rings. The Labute approximate surface area is 219 Å². The molecule has 202 valence electrons. The SMILES string of the molecule is C=Cc1ccc2c3c([nH]c2c1)[C@H](c1c(F)cc(C=C2CN(CCCF)C2)cc1F)N(CC(C)(F)F)C(C)C3. The molecule has 3 heterocycles. The fourth-order valence-electron chi connectivity index (χ4n) is 5.83. The smallest absolute Gasteiger partial charge is 0.257 e. The highest BCUT2D eigenvalue weighted by Crippen LogP contribution is 2.43. The number of nitrogens with one attached hydrogen (secondary N) is 1. The molecule has 0 aliphatic carbocycles. The zero-order valence-corrected chi connectivity index (χ0v) is 21.6. The van der Waals surface area contributed by atoms with Crippen molar-refractivity contribution in [2.45, 2.75) is 44.7 Å². The van der Waals surface area contributed by atoms with Crippen LogP contribution < -0.4 is 0 Å². The molecule has 38 heavy (non-hydrogen) atoms. The molecule has 3 nitrogen and oxygen atoms in total. The van der Waals surface area contributed by atoms with Crippen molar-refractivity contribution in [3.63, 3.8) is 0 Å². The van der Waals surface area contributed by atoms with Gasteiger partial charge in [-0.1, -0.05) is 30.9 Å². The van der Waals surface area contributed by atoms with Gasteiger partial charge in [0.25, 0.3) is 5.92 Å². The Bertz CT molecular complexity index is 1360. The van der Waals surface area contributed by atoms with Gasteiger partial charge in [0, 0.05) is 54.8 Å². The number of halogens is 5. The van der Waals surface area contributed by atoms with E-state index < -0.39 is 30.1 Å². The summed E-state index contributed by atoms with van der Waals surface area (Å²) in [6.07, 6.45) is 4.39.